The summed E-state index contributed by atoms with van der Waals surface area (Å²) in [4.78, 5) is 0. The highest BCUT2D eigenvalue weighted by Crippen LogP contribution is 2.30. The quantitative estimate of drug-likeness (QED) is 0.907. The van der Waals surface area contributed by atoms with Crippen molar-refractivity contribution in [3.63, 3.8) is 0 Å². The molecule has 0 saturated carbocycles. The van der Waals surface area contributed by atoms with Gasteiger partial charge in [-0.15, -0.1) is 0 Å². The van der Waals surface area contributed by atoms with Crippen LogP contribution in [0.1, 0.15) is 13.8 Å². The van der Waals surface area contributed by atoms with Crippen LogP contribution in [0.25, 0.3) is 0 Å². The molecule has 1 saturated heterocycles. The van der Waals surface area contributed by atoms with Gasteiger partial charge in [-0.3, -0.25) is 0 Å². The minimum absolute atomic E-state index is 0.107. The lowest BCUT2D eigenvalue weighted by atomic mass is 10.2. The zero-order chi connectivity index (χ0) is 13.9. The highest BCUT2D eigenvalue weighted by molar-refractivity contribution is 5.59. The summed E-state index contributed by atoms with van der Waals surface area (Å²) in [6.07, 6.45) is 0. The summed E-state index contributed by atoms with van der Waals surface area (Å²) in [7, 11) is 3.27. The molecule has 0 unspecified atom stereocenters. The van der Waals surface area contributed by atoms with Gasteiger partial charge in [0.25, 0.3) is 0 Å². The molecule has 2 rings (SSSR count). The van der Waals surface area contributed by atoms with E-state index in [0.29, 0.717) is 13.2 Å². The molecule has 5 heteroatoms. The van der Waals surface area contributed by atoms with Crippen LogP contribution in [0.5, 0.6) is 11.5 Å². The van der Waals surface area contributed by atoms with Crippen molar-refractivity contribution in [1.82, 2.24) is 0 Å². The van der Waals surface area contributed by atoms with E-state index >= 15 is 0 Å². The Morgan fingerprint density at radius 2 is 1.84 bits per heavy atom. The third-order valence-electron chi connectivity index (χ3n) is 3.03. The van der Waals surface area contributed by atoms with Crippen LogP contribution in [0.2, 0.25) is 0 Å². The standard InChI is InChI=1S/C14H21NO4/c1-14(2)18-8-10(9-19-14)15-12-6-5-11(16-3)7-13(12)17-4/h5-7,10,15H,8-9H2,1-4H3. The summed E-state index contributed by atoms with van der Waals surface area (Å²) in [5, 5.41) is 3.36. The van der Waals surface area contributed by atoms with Gasteiger partial charge in [0.05, 0.1) is 39.2 Å². The van der Waals surface area contributed by atoms with Gasteiger partial charge >= 0.3 is 0 Å². The normalized spacial score (nSPS) is 18.9. The second-order valence-electron chi connectivity index (χ2n) is 4.93. The van der Waals surface area contributed by atoms with E-state index in [-0.39, 0.29) is 6.04 Å². The van der Waals surface area contributed by atoms with E-state index in [2.05, 4.69) is 5.32 Å². The largest absolute Gasteiger partial charge is 0.497 e. The van der Waals surface area contributed by atoms with Crippen molar-refractivity contribution in [2.75, 3.05) is 32.8 Å². The Hall–Kier alpha value is -1.46. The van der Waals surface area contributed by atoms with Gasteiger partial charge in [0, 0.05) is 6.07 Å². The van der Waals surface area contributed by atoms with Crippen molar-refractivity contribution in [2.45, 2.75) is 25.7 Å². The molecule has 1 aliphatic heterocycles. The Labute approximate surface area is 113 Å². The van der Waals surface area contributed by atoms with Crippen LogP contribution >= 0.6 is 0 Å². The summed E-state index contributed by atoms with van der Waals surface area (Å²) < 4.78 is 21.8. The molecule has 0 amide bonds. The number of ether oxygens (including phenoxy) is 4. The van der Waals surface area contributed by atoms with E-state index in [9.17, 15) is 0 Å². The third kappa shape index (κ3) is 3.52. The molecule has 0 bridgehead atoms. The second-order valence-corrected chi connectivity index (χ2v) is 4.93. The average molecular weight is 267 g/mol. The van der Waals surface area contributed by atoms with E-state index < -0.39 is 5.79 Å². The molecular formula is C14H21NO4. The molecule has 5 nitrogen and oxygen atoms in total. The number of rotatable bonds is 4. The van der Waals surface area contributed by atoms with Gasteiger partial charge in [-0.2, -0.15) is 0 Å². The first-order chi connectivity index (χ1) is 9.04. The van der Waals surface area contributed by atoms with Crippen LogP contribution in [0, 0.1) is 0 Å². The molecule has 1 heterocycles. The molecule has 1 aliphatic rings. The molecule has 0 radical (unpaired) electrons. The lowest BCUT2D eigenvalue weighted by molar-refractivity contribution is -0.247. The van der Waals surface area contributed by atoms with Crippen LogP contribution in [-0.2, 0) is 9.47 Å². The van der Waals surface area contributed by atoms with Crippen molar-refractivity contribution in [1.29, 1.82) is 0 Å². The molecule has 0 spiro atoms. The maximum atomic E-state index is 5.62. The van der Waals surface area contributed by atoms with Crippen molar-refractivity contribution in [3.8, 4) is 11.5 Å². The number of hydrogen-bond acceptors (Lipinski definition) is 5. The number of hydrogen-bond donors (Lipinski definition) is 1. The van der Waals surface area contributed by atoms with Crippen LogP contribution in [0.15, 0.2) is 18.2 Å². The molecule has 1 aromatic rings. The minimum Gasteiger partial charge on any atom is -0.497 e. The van der Waals surface area contributed by atoms with Crippen molar-refractivity contribution in [3.05, 3.63) is 18.2 Å². The molecule has 19 heavy (non-hydrogen) atoms. The van der Waals surface area contributed by atoms with Gasteiger partial charge in [-0.1, -0.05) is 0 Å². The number of benzene rings is 1. The number of nitrogens with one attached hydrogen (secondary N) is 1. The number of anilines is 1. The lowest BCUT2D eigenvalue weighted by Crippen LogP contribution is -2.45. The fourth-order valence-corrected chi connectivity index (χ4v) is 1.91. The van der Waals surface area contributed by atoms with Gasteiger partial charge in [0.1, 0.15) is 11.5 Å². The van der Waals surface area contributed by atoms with Gasteiger partial charge < -0.3 is 24.3 Å². The smallest absolute Gasteiger partial charge is 0.162 e. The summed E-state index contributed by atoms with van der Waals surface area (Å²) in [6.45, 7) is 5.03. The lowest BCUT2D eigenvalue weighted by Gasteiger charge is -2.35. The first kappa shape index (κ1) is 14.0. The molecular weight excluding hydrogens is 246 g/mol. The zero-order valence-corrected chi connectivity index (χ0v) is 11.9. The van der Waals surface area contributed by atoms with Gasteiger partial charge in [-0.05, 0) is 26.0 Å². The zero-order valence-electron chi connectivity index (χ0n) is 11.9. The summed E-state index contributed by atoms with van der Waals surface area (Å²) in [6, 6.07) is 5.77. The maximum Gasteiger partial charge on any atom is 0.162 e. The predicted octanol–water partition coefficient (Wildman–Crippen LogP) is 2.27. The summed E-state index contributed by atoms with van der Waals surface area (Å²) >= 11 is 0. The summed E-state index contributed by atoms with van der Waals surface area (Å²) in [5.74, 6) is 1.01. The Bertz CT molecular complexity index is 423. The summed E-state index contributed by atoms with van der Waals surface area (Å²) in [5.41, 5.74) is 0.903. The Morgan fingerprint density at radius 1 is 1.16 bits per heavy atom. The van der Waals surface area contributed by atoms with E-state index in [1.54, 1.807) is 14.2 Å². The molecule has 0 atom stereocenters. The van der Waals surface area contributed by atoms with Gasteiger partial charge in [0.2, 0.25) is 0 Å². The van der Waals surface area contributed by atoms with E-state index in [0.717, 1.165) is 17.2 Å². The van der Waals surface area contributed by atoms with Crippen LogP contribution in [0.4, 0.5) is 5.69 Å². The third-order valence-corrected chi connectivity index (χ3v) is 3.03. The van der Waals surface area contributed by atoms with Crippen LogP contribution in [-0.4, -0.2) is 39.3 Å². The van der Waals surface area contributed by atoms with Gasteiger partial charge in [-0.25, -0.2) is 0 Å². The van der Waals surface area contributed by atoms with Crippen molar-refractivity contribution >= 4 is 5.69 Å². The Balaban J connectivity index is 2.03. The fourth-order valence-electron chi connectivity index (χ4n) is 1.91. The molecule has 1 N–H and O–H groups in total. The second kappa shape index (κ2) is 5.67. The van der Waals surface area contributed by atoms with E-state index in [1.165, 1.54) is 0 Å². The average Bonchev–Trinajstić information content (AvgIpc) is 2.41. The molecule has 1 fully saturated rings. The fraction of sp³-hybridized carbons (Fsp3) is 0.571. The Kier molecular flexibility index (Phi) is 4.17. The predicted molar refractivity (Wildman–Crippen MR) is 72.9 cm³/mol. The first-order valence-electron chi connectivity index (χ1n) is 6.30. The molecule has 106 valence electrons. The molecule has 0 aromatic heterocycles. The monoisotopic (exact) mass is 267 g/mol. The topological polar surface area (TPSA) is 49.0 Å². The molecule has 1 aromatic carbocycles. The highest BCUT2D eigenvalue weighted by Gasteiger charge is 2.28. The SMILES string of the molecule is COc1ccc(NC2COC(C)(C)OC2)c(OC)c1. The van der Waals surface area contributed by atoms with E-state index in [4.69, 9.17) is 18.9 Å². The highest BCUT2D eigenvalue weighted by atomic mass is 16.7. The van der Waals surface area contributed by atoms with Crippen LogP contribution in [0.3, 0.4) is 0 Å². The minimum atomic E-state index is -0.498. The molecule has 0 aliphatic carbocycles. The number of methoxy groups -OCH3 is 2. The van der Waals surface area contributed by atoms with Crippen LogP contribution < -0.4 is 14.8 Å². The maximum absolute atomic E-state index is 5.62. The van der Waals surface area contributed by atoms with Gasteiger partial charge in [0.15, 0.2) is 5.79 Å². The Morgan fingerprint density at radius 3 is 2.42 bits per heavy atom. The van der Waals surface area contributed by atoms with Crippen molar-refractivity contribution in [2.24, 2.45) is 0 Å². The first-order valence-corrected chi connectivity index (χ1v) is 6.30. The van der Waals surface area contributed by atoms with E-state index in [1.807, 2.05) is 32.0 Å². The van der Waals surface area contributed by atoms with Crippen molar-refractivity contribution < 1.29 is 18.9 Å².